The molecule has 0 bridgehead atoms. The van der Waals surface area contributed by atoms with Gasteiger partial charge in [0.15, 0.2) is 0 Å². The minimum absolute atomic E-state index is 0.203. The standard InChI is InChI=1S/C22H30N2O4/c25-19-9-7-18(8-10-19)24-14-12-22(20(24)26)11-4-13-23(16-22)21(27)28-15-17-5-2-1-3-6-17/h1-3,5-6,18-19,25H,4,7-16H2/t18?,19?,22-/m1/s1. The molecule has 3 fully saturated rings. The zero-order valence-corrected chi connectivity index (χ0v) is 16.4. The fourth-order valence-electron chi connectivity index (χ4n) is 5.04. The monoisotopic (exact) mass is 386 g/mol. The number of amides is 2. The van der Waals surface area contributed by atoms with E-state index in [9.17, 15) is 14.7 Å². The van der Waals surface area contributed by atoms with Crippen LogP contribution in [0.15, 0.2) is 30.3 Å². The molecule has 6 nitrogen and oxygen atoms in total. The Morgan fingerprint density at radius 1 is 1.11 bits per heavy atom. The number of nitrogens with zero attached hydrogens (tertiary/aromatic N) is 2. The predicted octanol–water partition coefficient (Wildman–Crippen LogP) is 2.94. The summed E-state index contributed by atoms with van der Waals surface area (Å²) < 4.78 is 5.49. The average Bonchev–Trinajstić information content (AvgIpc) is 3.03. The summed E-state index contributed by atoms with van der Waals surface area (Å²) in [5.41, 5.74) is 0.519. The van der Waals surface area contributed by atoms with Gasteiger partial charge in [0.25, 0.3) is 0 Å². The molecule has 0 radical (unpaired) electrons. The van der Waals surface area contributed by atoms with Gasteiger partial charge in [-0.15, -0.1) is 0 Å². The summed E-state index contributed by atoms with van der Waals surface area (Å²) in [7, 11) is 0. The van der Waals surface area contributed by atoms with Crippen molar-refractivity contribution in [3.63, 3.8) is 0 Å². The molecule has 3 aliphatic rings. The van der Waals surface area contributed by atoms with Crippen molar-refractivity contribution in [2.24, 2.45) is 5.41 Å². The maximum atomic E-state index is 13.3. The van der Waals surface area contributed by atoms with Crippen molar-refractivity contribution in [1.29, 1.82) is 0 Å². The highest BCUT2D eigenvalue weighted by atomic mass is 16.6. The van der Waals surface area contributed by atoms with Crippen LogP contribution in [0.5, 0.6) is 0 Å². The van der Waals surface area contributed by atoms with Crippen molar-refractivity contribution in [3.05, 3.63) is 35.9 Å². The van der Waals surface area contributed by atoms with Crippen LogP contribution in [0.1, 0.15) is 50.5 Å². The highest BCUT2D eigenvalue weighted by molar-refractivity contribution is 5.86. The van der Waals surface area contributed by atoms with E-state index in [0.717, 1.165) is 57.1 Å². The zero-order chi connectivity index (χ0) is 19.6. The maximum absolute atomic E-state index is 13.3. The molecule has 2 amide bonds. The van der Waals surface area contributed by atoms with Crippen molar-refractivity contribution in [2.75, 3.05) is 19.6 Å². The van der Waals surface area contributed by atoms with E-state index in [-0.39, 0.29) is 30.8 Å². The summed E-state index contributed by atoms with van der Waals surface area (Å²) in [6, 6.07) is 9.90. The van der Waals surface area contributed by atoms with Crippen LogP contribution >= 0.6 is 0 Å². The quantitative estimate of drug-likeness (QED) is 0.867. The number of hydrogen-bond donors (Lipinski definition) is 1. The minimum atomic E-state index is -0.444. The SMILES string of the molecule is O=C(OCc1ccccc1)N1CCC[C@@]2(CCN(C3CCC(O)CC3)C2=O)C1. The van der Waals surface area contributed by atoms with Crippen LogP contribution in [0.2, 0.25) is 0 Å². The van der Waals surface area contributed by atoms with Gasteiger partial charge in [0.1, 0.15) is 6.61 Å². The van der Waals surface area contributed by atoms with Gasteiger partial charge in [0.05, 0.1) is 11.5 Å². The van der Waals surface area contributed by atoms with Crippen LogP contribution in [-0.4, -0.2) is 58.7 Å². The number of aliphatic hydroxyl groups is 1. The Bertz CT molecular complexity index is 702. The summed E-state index contributed by atoms with van der Waals surface area (Å²) in [6.45, 7) is 2.14. The van der Waals surface area contributed by atoms with Gasteiger partial charge >= 0.3 is 6.09 Å². The summed E-state index contributed by atoms with van der Waals surface area (Å²) in [5, 5.41) is 9.75. The third-order valence-corrected chi connectivity index (χ3v) is 6.69. The Morgan fingerprint density at radius 3 is 2.61 bits per heavy atom. The molecule has 1 N–H and O–H groups in total. The van der Waals surface area contributed by atoms with E-state index in [0.29, 0.717) is 13.1 Å². The fourth-order valence-corrected chi connectivity index (χ4v) is 5.04. The van der Waals surface area contributed by atoms with Crippen molar-refractivity contribution >= 4 is 12.0 Å². The normalized spacial score (nSPS) is 30.7. The second-order valence-electron chi connectivity index (χ2n) is 8.56. The molecule has 152 valence electrons. The lowest BCUT2D eigenvalue weighted by Crippen LogP contribution is -2.51. The van der Waals surface area contributed by atoms with Gasteiger partial charge < -0.3 is 19.6 Å². The molecule has 1 aliphatic carbocycles. The molecule has 2 heterocycles. The number of ether oxygens (including phenoxy) is 1. The van der Waals surface area contributed by atoms with Crippen molar-refractivity contribution in [3.8, 4) is 0 Å². The average molecular weight is 386 g/mol. The summed E-state index contributed by atoms with van der Waals surface area (Å²) >= 11 is 0. The van der Waals surface area contributed by atoms with Crippen LogP contribution in [0.25, 0.3) is 0 Å². The Labute approximate surface area is 166 Å². The van der Waals surface area contributed by atoms with Crippen LogP contribution in [0, 0.1) is 5.41 Å². The van der Waals surface area contributed by atoms with Crippen molar-refractivity contribution in [1.82, 2.24) is 9.80 Å². The zero-order valence-electron chi connectivity index (χ0n) is 16.4. The van der Waals surface area contributed by atoms with Gasteiger partial charge in [-0.2, -0.15) is 0 Å². The van der Waals surface area contributed by atoms with Gasteiger partial charge in [0, 0.05) is 25.7 Å². The predicted molar refractivity (Wildman–Crippen MR) is 104 cm³/mol. The van der Waals surface area contributed by atoms with Crippen LogP contribution in [-0.2, 0) is 16.1 Å². The number of rotatable bonds is 3. The van der Waals surface area contributed by atoms with E-state index < -0.39 is 5.41 Å². The molecule has 2 saturated heterocycles. The maximum Gasteiger partial charge on any atom is 0.410 e. The van der Waals surface area contributed by atoms with Gasteiger partial charge in [-0.1, -0.05) is 30.3 Å². The number of aliphatic hydroxyl groups excluding tert-OH is 1. The lowest BCUT2D eigenvalue weighted by molar-refractivity contribution is -0.141. The van der Waals surface area contributed by atoms with Gasteiger partial charge in [-0.25, -0.2) is 4.79 Å². The number of benzene rings is 1. The molecule has 1 spiro atoms. The van der Waals surface area contributed by atoms with Crippen LogP contribution in [0.3, 0.4) is 0 Å². The van der Waals surface area contributed by atoms with E-state index in [1.165, 1.54) is 0 Å². The first-order valence-corrected chi connectivity index (χ1v) is 10.5. The molecule has 0 aromatic heterocycles. The third-order valence-electron chi connectivity index (χ3n) is 6.69. The first-order valence-electron chi connectivity index (χ1n) is 10.5. The molecule has 1 atom stereocenters. The molecule has 1 aromatic rings. The number of carbonyl (C=O) groups excluding carboxylic acids is 2. The molecular formula is C22H30N2O4. The molecule has 0 unspecified atom stereocenters. The largest absolute Gasteiger partial charge is 0.445 e. The number of likely N-dealkylation sites (tertiary alicyclic amines) is 2. The Morgan fingerprint density at radius 2 is 1.86 bits per heavy atom. The second kappa shape index (κ2) is 8.11. The molecule has 28 heavy (non-hydrogen) atoms. The Hall–Kier alpha value is -2.08. The number of carbonyl (C=O) groups is 2. The van der Waals surface area contributed by atoms with E-state index in [1.807, 2.05) is 35.2 Å². The lowest BCUT2D eigenvalue weighted by atomic mass is 9.78. The van der Waals surface area contributed by atoms with E-state index in [2.05, 4.69) is 0 Å². The Balaban J connectivity index is 1.36. The van der Waals surface area contributed by atoms with Crippen LogP contribution in [0.4, 0.5) is 4.79 Å². The molecule has 2 aliphatic heterocycles. The minimum Gasteiger partial charge on any atom is -0.445 e. The molecular weight excluding hydrogens is 356 g/mol. The smallest absolute Gasteiger partial charge is 0.410 e. The molecule has 6 heteroatoms. The first kappa shape index (κ1) is 19.2. The molecule has 1 aromatic carbocycles. The summed E-state index contributed by atoms with van der Waals surface area (Å²) in [5.74, 6) is 0.203. The highest BCUT2D eigenvalue weighted by Gasteiger charge is 2.51. The first-order chi connectivity index (χ1) is 13.6. The summed E-state index contributed by atoms with van der Waals surface area (Å²) in [4.78, 5) is 29.6. The number of hydrogen-bond acceptors (Lipinski definition) is 4. The van der Waals surface area contributed by atoms with E-state index >= 15 is 0 Å². The van der Waals surface area contributed by atoms with Gasteiger partial charge in [0.2, 0.25) is 5.91 Å². The molecule has 1 saturated carbocycles. The lowest BCUT2D eigenvalue weighted by Gasteiger charge is -2.40. The van der Waals surface area contributed by atoms with Crippen molar-refractivity contribution in [2.45, 2.75) is 63.7 Å². The van der Waals surface area contributed by atoms with Crippen molar-refractivity contribution < 1.29 is 19.4 Å². The number of piperidine rings is 1. The topological polar surface area (TPSA) is 70.1 Å². The van der Waals surface area contributed by atoms with Crippen LogP contribution < -0.4 is 0 Å². The van der Waals surface area contributed by atoms with Gasteiger partial charge in [-0.3, -0.25) is 4.79 Å². The summed E-state index contributed by atoms with van der Waals surface area (Å²) in [6.07, 6.45) is 5.27. The highest BCUT2D eigenvalue weighted by Crippen LogP contribution is 2.42. The third kappa shape index (κ3) is 3.88. The molecule has 4 rings (SSSR count). The van der Waals surface area contributed by atoms with Gasteiger partial charge in [-0.05, 0) is 50.5 Å². The Kier molecular flexibility index (Phi) is 5.58. The van der Waals surface area contributed by atoms with E-state index in [1.54, 1.807) is 4.90 Å². The van der Waals surface area contributed by atoms with E-state index in [4.69, 9.17) is 4.74 Å². The fraction of sp³-hybridized carbons (Fsp3) is 0.636. The second-order valence-corrected chi connectivity index (χ2v) is 8.56.